The largest absolute Gasteiger partial charge is 0.485 e. The van der Waals surface area contributed by atoms with E-state index in [9.17, 15) is 54.5 Å². The molecule has 0 fully saturated rings. The van der Waals surface area contributed by atoms with Gasteiger partial charge in [-0.15, -0.1) is 0 Å². The lowest BCUT2D eigenvalue weighted by atomic mass is 9.54. The lowest BCUT2D eigenvalue weighted by molar-refractivity contribution is -0.383. The normalized spacial score (nSPS) is 18.6. The summed E-state index contributed by atoms with van der Waals surface area (Å²) in [5, 5.41) is 69.2. The first-order chi connectivity index (χ1) is 44.7. The standard InChI is InChI=1S/C64H54N6O16S6/c71-60(65-14-16-82-18-20-84-21-19-83-17-15-69-29-35(66-31-69)30-85-49-13-12-48(70(80)81)58-59(49)68-86-67-58)47-24-32-2-1-3-50-43(32)28-51(47)92-89-36-6-9-40-34(23-36)22-33-4-5-37(25-44(33)52(40)57(63(76)77)64(78)79)87-88-38-7-10-41-45(26-38)53-42-11-8-39(90-91-50)27-46(42)54(41)56(62(74)75)55(53)61(72)73/h1-13,23-29,52-57,66H,14-22,30-31H2,(H,65,71)(H,72,73)(H,74,75)(H,76,77)(H,78,79). The van der Waals surface area contributed by atoms with Crippen molar-refractivity contribution < 1.29 is 72.9 Å². The number of carboxylic acid groups (broad SMARTS) is 4. The first kappa shape index (κ1) is 62.9. The Balaban J connectivity index is 0.685. The summed E-state index contributed by atoms with van der Waals surface area (Å²) in [7, 11) is 8.64. The third-order valence-electron chi connectivity index (χ3n) is 16.7. The number of non-ortho nitro benzene ring substituents is 1. The number of nitrogens with one attached hydrogen (secondary N) is 2. The number of benzene rings is 7. The number of rotatable bonds is 22. The molecule has 0 radical (unpaired) electrons. The molecule has 4 aliphatic carbocycles. The molecule has 6 N–H and O–H groups in total. The Hall–Kier alpha value is -7.93. The second kappa shape index (κ2) is 27.3. The van der Waals surface area contributed by atoms with Crippen molar-refractivity contribution in [2.45, 2.75) is 53.5 Å². The average Bonchev–Trinajstić information content (AvgIpc) is 1.66. The van der Waals surface area contributed by atoms with Crippen molar-refractivity contribution in [2.75, 3.05) is 66.0 Å². The van der Waals surface area contributed by atoms with Gasteiger partial charge in [0.05, 0.1) is 74.3 Å². The van der Waals surface area contributed by atoms with Gasteiger partial charge in [-0.3, -0.25) is 34.1 Å². The predicted octanol–water partition coefficient (Wildman–Crippen LogP) is 11.4. The molecule has 5 atom stereocenters. The lowest BCUT2D eigenvalue weighted by Crippen LogP contribution is -2.47. The SMILES string of the molecule is O=C(NCCOCCOCCOCCN1C=C(COc2ccc([N+](=O)[O-])c3nonc23)NC1)c1cc2cccc3c2cc1SSc1ccc2c(c1)Cc1ccc(cc1C2C(C(=O)O)C(=O)O)SSc1ccc2c(c1)C1c4ccc(cc4C2C(C(=O)O)C1C(=O)O)SS3. The van der Waals surface area contributed by atoms with Gasteiger partial charge < -0.3 is 54.9 Å². The molecular formula is C64H54N6O16S6. The Morgan fingerprint density at radius 2 is 1.24 bits per heavy atom. The maximum absolute atomic E-state index is 14.3. The van der Waals surface area contributed by atoms with Crippen LogP contribution in [0.2, 0.25) is 0 Å². The Bertz CT molecular complexity index is 4310. The highest BCUT2D eigenvalue weighted by atomic mass is 33.1. The number of fused-ring (bicyclic) bond motifs is 2. The zero-order valence-electron chi connectivity index (χ0n) is 48.2. The second-order valence-corrected chi connectivity index (χ2v) is 28.9. The third kappa shape index (κ3) is 12.8. The van der Waals surface area contributed by atoms with Gasteiger partial charge in [-0.05, 0) is 145 Å². The molecule has 16 bridgehead atoms. The van der Waals surface area contributed by atoms with Gasteiger partial charge in [0.25, 0.3) is 5.91 Å². The van der Waals surface area contributed by atoms with Gasteiger partial charge >= 0.3 is 29.6 Å². The summed E-state index contributed by atoms with van der Waals surface area (Å²) in [6, 6.07) is 35.5. The zero-order valence-corrected chi connectivity index (χ0v) is 53.1. The lowest BCUT2D eigenvalue weighted by Gasteiger charge is -2.47. The highest BCUT2D eigenvalue weighted by molar-refractivity contribution is 8.77. The molecule has 28 heteroatoms. The van der Waals surface area contributed by atoms with Gasteiger partial charge in [-0.25, -0.2) is 4.63 Å². The van der Waals surface area contributed by atoms with E-state index in [0.29, 0.717) is 73.4 Å². The van der Waals surface area contributed by atoms with Crippen LogP contribution >= 0.6 is 64.8 Å². The van der Waals surface area contributed by atoms with Gasteiger partial charge in [0.1, 0.15) is 6.61 Å². The Labute approximate surface area is 547 Å². The monoisotopic (exact) mass is 1350 g/mol. The van der Waals surface area contributed by atoms with Crippen molar-refractivity contribution in [3.8, 4) is 5.75 Å². The molecule has 22 nitrogen and oxygen atoms in total. The number of nitro groups is 1. The molecule has 1 aromatic heterocycles. The Morgan fingerprint density at radius 3 is 1.90 bits per heavy atom. The summed E-state index contributed by atoms with van der Waals surface area (Å²) in [6.45, 7) is 3.48. The number of aromatic nitrogens is 2. The van der Waals surface area contributed by atoms with Crippen molar-refractivity contribution >= 4 is 122 Å². The van der Waals surface area contributed by atoms with Crippen molar-refractivity contribution in [1.29, 1.82) is 0 Å². The fourth-order valence-electron chi connectivity index (χ4n) is 12.6. The number of amides is 1. The number of carboxylic acids is 4. The minimum absolute atomic E-state index is 0.0107. The van der Waals surface area contributed by atoms with Crippen molar-refractivity contribution in [1.82, 2.24) is 25.8 Å². The quantitative estimate of drug-likeness (QED) is 0.0121. The van der Waals surface area contributed by atoms with E-state index in [0.717, 1.165) is 74.3 Å². The summed E-state index contributed by atoms with van der Waals surface area (Å²) in [5.41, 5.74) is 7.01. The summed E-state index contributed by atoms with van der Waals surface area (Å²) in [4.78, 5) is 84.1. The molecule has 22 rings (SSSR count). The predicted molar refractivity (Wildman–Crippen MR) is 346 cm³/mol. The van der Waals surface area contributed by atoms with Crippen LogP contribution in [0.25, 0.3) is 21.8 Å². The molecule has 0 saturated heterocycles. The summed E-state index contributed by atoms with van der Waals surface area (Å²) >= 11 is 0. The van der Waals surface area contributed by atoms with Gasteiger partial charge in [0, 0.05) is 72.5 Å². The van der Waals surface area contributed by atoms with Crippen LogP contribution < -0.4 is 15.4 Å². The topological polar surface area (TPSA) is 313 Å². The summed E-state index contributed by atoms with van der Waals surface area (Å²) in [6.07, 6.45) is 2.32. The van der Waals surface area contributed by atoms with E-state index in [-0.39, 0.29) is 49.0 Å². The van der Waals surface area contributed by atoms with E-state index < -0.39 is 64.3 Å². The van der Waals surface area contributed by atoms with Crippen molar-refractivity contribution in [2.24, 2.45) is 17.8 Å². The number of carbonyl (C=O) groups excluding carboxylic acids is 1. The fourth-order valence-corrected chi connectivity index (χ4v) is 19.0. The molecule has 14 aliphatic rings. The number of aliphatic carboxylic acids is 4. The van der Waals surface area contributed by atoms with Gasteiger partial charge in [-0.1, -0.05) is 101 Å². The highest BCUT2D eigenvalue weighted by Gasteiger charge is 2.56. The van der Waals surface area contributed by atoms with Gasteiger partial charge in [0.15, 0.2) is 17.2 Å². The maximum Gasteiger partial charge on any atom is 0.318 e. The molecule has 472 valence electrons. The van der Waals surface area contributed by atoms with Crippen LogP contribution in [-0.2, 0) is 39.8 Å². The minimum Gasteiger partial charge on any atom is -0.485 e. The Morgan fingerprint density at radius 1 is 0.641 bits per heavy atom. The van der Waals surface area contributed by atoms with Crippen molar-refractivity contribution in [3.05, 3.63) is 187 Å². The molecule has 8 aromatic rings. The van der Waals surface area contributed by atoms with Crippen LogP contribution in [0.4, 0.5) is 5.69 Å². The van der Waals surface area contributed by atoms with E-state index in [4.69, 9.17) is 23.6 Å². The molecule has 0 saturated carbocycles. The first-order valence-electron chi connectivity index (χ1n) is 28.9. The minimum atomic E-state index is -1.80. The van der Waals surface area contributed by atoms with E-state index >= 15 is 0 Å². The van der Waals surface area contributed by atoms with Crippen LogP contribution in [-0.4, -0.2) is 136 Å². The number of nitrogens with zero attached hydrogens (tertiary/aromatic N) is 4. The summed E-state index contributed by atoms with van der Waals surface area (Å²) < 4.78 is 27.9. The van der Waals surface area contributed by atoms with Crippen LogP contribution in [0.3, 0.4) is 0 Å². The van der Waals surface area contributed by atoms with Crippen LogP contribution in [0, 0.1) is 27.9 Å². The number of nitro benzene ring substituents is 1. The van der Waals surface area contributed by atoms with E-state index in [1.807, 2.05) is 114 Å². The zero-order chi connectivity index (χ0) is 63.7. The molecule has 10 aliphatic heterocycles. The average molecular weight is 1360 g/mol. The number of hydrogen-bond donors (Lipinski definition) is 6. The Kier molecular flexibility index (Phi) is 18.7. The summed E-state index contributed by atoms with van der Waals surface area (Å²) in [5.74, 6) is -12.1. The second-order valence-electron chi connectivity index (χ2n) is 22.1. The number of ether oxygens (including phenoxy) is 4. The first-order valence-corrected chi connectivity index (χ1v) is 35.4. The molecule has 0 spiro atoms. The van der Waals surface area contributed by atoms with E-state index in [1.54, 1.807) is 0 Å². The third-order valence-corrected chi connectivity index (χ3v) is 24.0. The maximum atomic E-state index is 14.3. The van der Waals surface area contributed by atoms with E-state index in [2.05, 4.69) is 20.9 Å². The molecular weight excluding hydrogens is 1300 g/mol. The van der Waals surface area contributed by atoms with E-state index in [1.165, 1.54) is 76.9 Å². The van der Waals surface area contributed by atoms with Crippen LogP contribution in [0.5, 0.6) is 5.75 Å². The van der Waals surface area contributed by atoms with Crippen molar-refractivity contribution in [3.63, 3.8) is 0 Å². The molecule has 11 heterocycles. The van der Waals surface area contributed by atoms with Crippen LogP contribution in [0.1, 0.15) is 72.6 Å². The van der Waals surface area contributed by atoms with Gasteiger partial charge in [0.2, 0.25) is 5.52 Å². The highest BCUT2D eigenvalue weighted by Crippen LogP contribution is 2.60. The fraction of sp³-hybridized carbons (Fsp3) is 0.266. The molecule has 5 unspecified atom stereocenters. The molecule has 1 amide bonds. The number of hydrogen-bond acceptors (Lipinski definition) is 22. The van der Waals surface area contributed by atoms with Gasteiger partial charge in [-0.2, -0.15) is 0 Å². The number of carbonyl (C=O) groups is 5. The van der Waals surface area contributed by atoms with Crippen LogP contribution in [0.15, 0.2) is 161 Å². The molecule has 7 aromatic carbocycles. The smallest absolute Gasteiger partial charge is 0.318 e. The molecule has 92 heavy (non-hydrogen) atoms.